The maximum Gasteiger partial charge on any atom is 0.0599 e. The predicted octanol–water partition coefficient (Wildman–Crippen LogP) is 3.46. The second kappa shape index (κ2) is 6.18. The van der Waals surface area contributed by atoms with Crippen molar-refractivity contribution in [3.63, 3.8) is 0 Å². The maximum absolute atomic E-state index is 5.68. The molecule has 0 saturated heterocycles. The van der Waals surface area contributed by atoms with E-state index in [0.29, 0.717) is 6.04 Å². The molecule has 0 radical (unpaired) electrons. The van der Waals surface area contributed by atoms with Crippen molar-refractivity contribution < 1.29 is 4.74 Å². The van der Waals surface area contributed by atoms with Gasteiger partial charge in [-0.15, -0.1) is 0 Å². The van der Waals surface area contributed by atoms with Crippen molar-refractivity contribution in [3.05, 3.63) is 35.4 Å². The zero-order valence-corrected chi connectivity index (χ0v) is 11.7. The molecule has 0 heterocycles. The highest BCUT2D eigenvalue weighted by molar-refractivity contribution is 5.28. The highest BCUT2D eigenvalue weighted by Crippen LogP contribution is 2.16. The van der Waals surface area contributed by atoms with Crippen molar-refractivity contribution in [2.75, 3.05) is 13.2 Å². The number of rotatable bonds is 5. The van der Waals surface area contributed by atoms with Gasteiger partial charge in [0.2, 0.25) is 0 Å². The summed E-state index contributed by atoms with van der Waals surface area (Å²) in [5, 5.41) is 3.49. The van der Waals surface area contributed by atoms with Gasteiger partial charge in [-0.1, -0.05) is 24.3 Å². The van der Waals surface area contributed by atoms with Crippen molar-refractivity contribution in [1.82, 2.24) is 5.32 Å². The summed E-state index contributed by atoms with van der Waals surface area (Å²) >= 11 is 0. The van der Waals surface area contributed by atoms with E-state index in [-0.39, 0.29) is 5.60 Å². The molecule has 1 rings (SSSR count). The van der Waals surface area contributed by atoms with Crippen molar-refractivity contribution in [2.24, 2.45) is 0 Å². The van der Waals surface area contributed by atoms with E-state index in [1.165, 1.54) is 11.1 Å². The van der Waals surface area contributed by atoms with Gasteiger partial charge in [-0.25, -0.2) is 0 Å². The van der Waals surface area contributed by atoms with Crippen LogP contribution in [0.15, 0.2) is 24.3 Å². The molecule has 2 nitrogen and oxygen atoms in total. The molecule has 0 aliphatic carbocycles. The Morgan fingerprint density at radius 1 is 1.24 bits per heavy atom. The number of hydrogen-bond donors (Lipinski definition) is 1. The molecule has 0 unspecified atom stereocenters. The first-order valence-electron chi connectivity index (χ1n) is 6.33. The van der Waals surface area contributed by atoms with Crippen LogP contribution in [0.25, 0.3) is 0 Å². The number of benzene rings is 1. The minimum atomic E-state index is -0.0480. The lowest BCUT2D eigenvalue weighted by atomic mass is 10.0. The molecule has 1 atom stereocenters. The van der Waals surface area contributed by atoms with Crippen LogP contribution in [0.4, 0.5) is 0 Å². The van der Waals surface area contributed by atoms with Gasteiger partial charge in [0.1, 0.15) is 0 Å². The van der Waals surface area contributed by atoms with Crippen molar-refractivity contribution in [2.45, 2.75) is 46.3 Å². The second-order valence-corrected chi connectivity index (χ2v) is 5.49. The predicted molar refractivity (Wildman–Crippen MR) is 73.3 cm³/mol. The summed E-state index contributed by atoms with van der Waals surface area (Å²) < 4.78 is 5.68. The molecule has 2 heteroatoms. The van der Waals surface area contributed by atoms with E-state index in [9.17, 15) is 0 Å². The van der Waals surface area contributed by atoms with Crippen LogP contribution >= 0.6 is 0 Å². The highest BCUT2D eigenvalue weighted by atomic mass is 16.5. The Balaban J connectivity index is 2.36. The van der Waals surface area contributed by atoms with E-state index in [0.717, 1.165) is 13.2 Å². The summed E-state index contributed by atoms with van der Waals surface area (Å²) in [5.41, 5.74) is 2.65. The number of nitrogens with one attached hydrogen (secondary N) is 1. The SMILES string of the molecule is Cc1ccccc1[C@@H](C)NCCOC(C)(C)C. The van der Waals surface area contributed by atoms with E-state index in [1.807, 2.05) is 0 Å². The van der Waals surface area contributed by atoms with Crippen LogP contribution in [0.1, 0.15) is 44.9 Å². The largest absolute Gasteiger partial charge is 0.375 e. The van der Waals surface area contributed by atoms with Crippen LogP contribution < -0.4 is 5.32 Å². The van der Waals surface area contributed by atoms with Crippen LogP contribution in [0.3, 0.4) is 0 Å². The van der Waals surface area contributed by atoms with Crippen LogP contribution in [-0.2, 0) is 4.74 Å². The molecular formula is C15H25NO. The summed E-state index contributed by atoms with van der Waals surface area (Å²) in [6.07, 6.45) is 0. The molecule has 1 N–H and O–H groups in total. The molecule has 96 valence electrons. The van der Waals surface area contributed by atoms with Gasteiger partial charge >= 0.3 is 0 Å². The molecular weight excluding hydrogens is 210 g/mol. The molecule has 0 saturated carbocycles. The maximum atomic E-state index is 5.68. The monoisotopic (exact) mass is 235 g/mol. The Labute approximate surface area is 105 Å². The molecule has 0 aliphatic heterocycles. The number of aryl methyl sites for hydroxylation is 1. The Kier molecular flexibility index (Phi) is 5.16. The molecule has 0 spiro atoms. The molecule has 0 bridgehead atoms. The van der Waals surface area contributed by atoms with Gasteiger partial charge in [0.15, 0.2) is 0 Å². The smallest absolute Gasteiger partial charge is 0.0599 e. The van der Waals surface area contributed by atoms with E-state index in [1.54, 1.807) is 0 Å². The summed E-state index contributed by atoms with van der Waals surface area (Å²) in [7, 11) is 0. The van der Waals surface area contributed by atoms with Gasteiger partial charge in [0.05, 0.1) is 12.2 Å². The first kappa shape index (κ1) is 14.2. The van der Waals surface area contributed by atoms with Crippen molar-refractivity contribution >= 4 is 0 Å². The second-order valence-electron chi connectivity index (χ2n) is 5.49. The van der Waals surface area contributed by atoms with E-state index in [4.69, 9.17) is 4.74 Å². The fourth-order valence-electron chi connectivity index (χ4n) is 1.82. The summed E-state index contributed by atoms with van der Waals surface area (Å²) in [6.45, 7) is 12.2. The first-order chi connectivity index (χ1) is 7.90. The summed E-state index contributed by atoms with van der Waals surface area (Å²) in [6, 6.07) is 8.87. The molecule has 1 aromatic carbocycles. The van der Waals surface area contributed by atoms with Crippen LogP contribution in [-0.4, -0.2) is 18.8 Å². The van der Waals surface area contributed by atoms with E-state index < -0.39 is 0 Å². The molecule has 0 aromatic heterocycles. The lowest BCUT2D eigenvalue weighted by molar-refractivity contribution is -0.00150. The van der Waals surface area contributed by atoms with Crippen LogP contribution in [0, 0.1) is 6.92 Å². The van der Waals surface area contributed by atoms with Crippen molar-refractivity contribution in [3.8, 4) is 0 Å². The quantitative estimate of drug-likeness (QED) is 0.789. The summed E-state index contributed by atoms with van der Waals surface area (Å²) in [5.74, 6) is 0. The third-order valence-electron chi connectivity index (χ3n) is 2.74. The fourth-order valence-corrected chi connectivity index (χ4v) is 1.82. The minimum absolute atomic E-state index is 0.0480. The molecule has 0 aliphatic rings. The summed E-state index contributed by atoms with van der Waals surface area (Å²) in [4.78, 5) is 0. The first-order valence-corrected chi connectivity index (χ1v) is 6.33. The highest BCUT2D eigenvalue weighted by Gasteiger charge is 2.10. The number of hydrogen-bond acceptors (Lipinski definition) is 2. The lowest BCUT2D eigenvalue weighted by Gasteiger charge is -2.21. The third kappa shape index (κ3) is 5.33. The van der Waals surface area contributed by atoms with Gasteiger partial charge in [-0.3, -0.25) is 0 Å². The van der Waals surface area contributed by atoms with Gasteiger partial charge < -0.3 is 10.1 Å². The Bertz CT molecular complexity index is 341. The Hall–Kier alpha value is -0.860. The van der Waals surface area contributed by atoms with Crippen molar-refractivity contribution in [1.29, 1.82) is 0 Å². The Morgan fingerprint density at radius 3 is 2.47 bits per heavy atom. The normalized spacial score (nSPS) is 13.7. The zero-order chi connectivity index (χ0) is 12.9. The van der Waals surface area contributed by atoms with Gasteiger partial charge in [-0.2, -0.15) is 0 Å². The lowest BCUT2D eigenvalue weighted by Crippen LogP contribution is -2.28. The molecule has 0 amide bonds. The zero-order valence-electron chi connectivity index (χ0n) is 11.7. The molecule has 17 heavy (non-hydrogen) atoms. The van der Waals surface area contributed by atoms with Gasteiger partial charge in [0.25, 0.3) is 0 Å². The van der Waals surface area contributed by atoms with Crippen LogP contribution in [0.5, 0.6) is 0 Å². The van der Waals surface area contributed by atoms with Crippen LogP contribution in [0.2, 0.25) is 0 Å². The average Bonchev–Trinajstić information content (AvgIpc) is 2.23. The third-order valence-corrected chi connectivity index (χ3v) is 2.74. The van der Waals surface area contributed by atoms with E-state index >= 15 is 0 Å². The Morgan fingerprint density at radius 2 is 1.88 bits per heavy atom. The standard InChI is InChI=1S/C15H25NO/c1-12-8-6-7-9-14(12)13(2)16-10-11-17-15(3,4)5/h6-9,13,16H,10-11H2,1-5H3/t13-/m1/s1. The molecule has 1 aromatic rings. The topological polar surface area (TPSA) is 21.3 Å². The van der Waals surface area contributed by atoms with Gasteiger partial charge in [0, 0.05) is 12.6 Å². The average molecular weight is 235 g/mol. The minimum Gasteiger partial charge on any atom is -0.375 e. The van der Waals surface area contributed by atoms with E-state index in [2.05, 4.69) is 64.2 Å². The molecule has 0 fully saturated rings. The van der Waals surface area contributed by atoms with Gasteiger partial charge in [-0.05, 0) is 45.7 Å². The fraction of sp³-hybridized carbons (Fsp3) is 0.600. The number of ether oxygens (including phenoxy) is 1.